The molecule has 6 rings (SSSR count). The molecule has 1 aliphatic carbocycles. The van der Waals surface area contributed by atoms with E-state index in [0.717, 1.165) is 25.7 Å². The van der Waals surface area contributed by atoms with Crippen LogP contribution in [0.4, 0.5) is 10.1 Å². The molecule has 2 fully saturated rings. The van der Waals surface area contributed by atoms with Gasteiger partial charge in [0.25, 0.3) is 5.91 Å². The number of amides is 2. The Kier molecular flexibility index (Phi) is 10.6. The molecule has 0 bridgehead atoms. The van der Waals surface area contributed by atoms with Gasteiger partial charge in [-0.05, 0) is 90.4 Å². The number of halogens is 1. The molecule has 12 heteroatoms. The molecule has 252 valence electrons. The standard InChI is InChI=1S/C36H41FN6O5/c1-46-31-19-14-27(21-32(31)47-2)35-39-41-42(40-35)23-33(44)43(29-17-12-25(13-18-29)24-7-4-3-5-8-24)34(26-10-15-28(37)16-11-26)36(45)38-22-30-9-6-20-48-30/h10-19,21,24,30,34H,3-9,20,22-23H2,1-2H3,(H,38,45)/t30-,34-/m1/s1. The lowest BCUT2D eigenvalue weighted by Crippen LogP contribution is -2.46. The Labute approximate surface area is 279 Å². The average molecular weight is 657 g/mol. The molecule has 4 aromatic rings. The first-order valence-electron chi connectivity index (χ1n) is 16.5. The van der Waals surface area contributed by atoms with Crippen molar-refractivity contribution in [3.05, 3.63) is 83.7 Å². The smallest absolute Gasteiger partial charge is 0.251 e. The summed E-state index contributed by atoms with van der Waals surface area (Å²) in [6, 6.07) is 17.6. The van der Waals surface area contributed by atoms with Gasteiger partial charge in [-0.3, -0.25) is 14.5 Å². The minimum atomic E-state index is -1.10. The van der Waals surface area contributed by atoms with E-state index in [0.29, 0.717) is 47.4 Å². The Hall–Kier alpha value is -4.84. The SMILES string of the molecule is COc1ccc(-c2nnn(CC(=O)N(c3ccc(C4CCCCC4)cc3)[C@@H](C(=O)NC[C@H]3CCCO3)c3ccc(F)cc3)n2)cc1OC. The summed E-state index contributed by atoms with van der Waals surface area (Å²) in [5, 5.41) is 15.8. The van der Waals surface area contributed by atoms with Gasteiger partial charge in [0.1, 0.15) is 18.4 Å². The van der Waals surface area contributed by atoms with Gasteiger partial charge in [-0.2, -0.15) is 4.80 Å². The summed E-state index contributed by atoms with van der Waals surface area (Å²) in [6.45, 7) is 0.649. The van der Waals surface area contributed by atoms with Crippen LogP contribution in [0.25, 0.3) is 11.4 Å². The normalized spacial score (nSPS) is 17.1. The van der Waals surface area contributed by atoms with E-state index < -0.39 is 23.7 Å². The van der Waals surface area contributed by atoms with Crippen molar-refractivity contribution in [3.8, 4) is 22.9 Å². The van der Waals surface area contributed by atoms with Crippen LogP contribution in [0.2, 0.25) is 0 Å². The van der Waals surface area contributed by atoms with Crippen molar-refractivity contribution >= 4 is 17.5 Å². The number of tetrazole rings is 1. The van der Waals surface area contributed by atoms with Crippen LogP contribution in [-0.2, 0) is 20.9 Å². The highest BCUT2D eigenvalue weighted by molar-refractivity contribution is 6.01. The fraction of sp³-hybridized carbons (Fsp3) is 0.417. The van der Waals surface area contributed by atoms with Crippen LogP contribution in [-0.4, -0.2) is 65.5 Å². The number of hydrogen-bond donors (Lipinski definition) is 1. The van der Waals surface area contributed by atoms with Crippen molar-refractivity contribution in [2.24, 2.45) is 0 Å². The second-order valence-corrected chi connectivity index (χ2v) is 12.2. The maximum atomic E-state index is 14.4. The molecule has 48 heavy (non-hydrogen) atoms. The molecule has 1 saturated heterocycles. The molecule has 3 aromatic carbocycles. The van der Waals surface area contributed by atoms with E-state index in [-0.39, 0.29) is 18.5 Å². The molecule has 2 amide bonds. The molecule has 2 aliphatic rings. The van der Waals surface area contributed by atoms with Crippen LogP contribution in [0.15, 0.2) is 66.7 Å². The molecule has 11 nitrogen and oxygen atoms in total. The molecule has 0 radical (unpaired) electrons. The van der Waals surface area contributed by atoms with E-state index in [1.807, 2.05) is 24.3 Å². The molecule has 2 heterocycles. The Bertz CT molecular complexity index is 1680. The van der Waals surface area contributed by atoms with Gasteiger partial charge in [0.05, 0.1) is 20.3 Å². The van der Waals surface area contributed by atoms with E-state index >= 15 is 0 Å². The highest BCUT2D eigenvalue weighted by Gasteiger charge is 2.34. The van der Waals surface area contributed by atoms with E-state index in [1.165, 1.54) is 65.9 Å². The third-order valence-corrected chi connectivity index (χ3v) is 9.11. The van der Waals surface area contributed by atoms with Crippen LogP contribution < -0.4 is 19.7 Å². The van der Waals surface area contributed by atoms with Crippen LogP contribution in [0.1, 0.15) is 68.0 Å². The number of carbonyl (C=O) groups is 2. The number of aromatic nitrogens is 4. The second kappa shape index (κ2) is 15.4. The number of ether oxygens (including phenoxy) is 3. The monoisotopic (exact) mass is 656 g/mol. The summed E-state index contributed by atoms with van der Waals surface area (Å²) in [7, 11) is 3.09. The first-order valence-corrected chi connectivity index (χ1v) is 16.5. The van der Waals surface area contributed by atoms with Crippen molar-refractivity contribution in [2.45, 2.75) is 69.6 Å². The van der Waals surface area contributed by atoms with E-state index in [2.05, 4.69) is 20.7 Å². The number of hydrogen-bond acceptors (Lipinski definition) is 8. The zero-order valence-electron chi connectivity index (χ0n) is 27.3. The molecule has 1 aliphatic heterocycles. The van der Waals surface area contributed by atoms with E-state index in [1.54, 1.807) is 25.3 Å². The van der Waals surface area contributed by atoms with Crippen molar-refractivity contribution in [2.75, 3.05) is 32.3 Å². The van der Waals surface area contributed by atoms with Crippen LogP contribution in [0.3, 0.4) is 0 Å². The lowest BCUT2D eigenvalue weighted by molar-refractivity contribution is -0.127. The van der Waals surface area contributed by atoms with Gasteiger partial charge in [-0.1, -0.05) is 43.5 Å². The molecule has 0 spiro atoms. The average Bonchev–Trinajstić information content (AvgIpc) is 3.83. The fourth-order valence-corrected chi connectivity index (χ4v) is 6.56. The molecule has 1 saturated carbocycles. The molecule has 1 aromatic heterocycles. The largest absolute Gasteiger partial charge is 0.493 e. The maximum Gasteiger partial charge on any atom is 0.251 e. The lowest BCUT2D eigenvalue weighted by Gasteiger charge is -2.32. The molecular weight excluding hydrogens is 615 g/mol. The first-order chi connectivity index (χ1) is 23.4. The Morgan fingerprint density at radius 2 is 1.71 bits per heavy atom. The highest BCUT2D eigenvalue weighted by atomic mass is 19.1. The van der Waals surface area contributed by atoms with Gasteiger partial charge < -0.3 is 19.5 Å². The number of nitrogens with zero attached hydrogens (tertiary/aromatic N) is 5. The van der Waals surface area contributed by atoms with E-state index in [9.17, 15) is 14.0 Å². The van der Waals surface area contributed by atoms with Crippen LogP contribution in [0, 0.1) is 5.82 Å². The summed E-state index contributed by atoms with van der Waals surface area (Å²) in [5.74, 6) is 0.518. The van der Waals surface area contributed by atoms with Crippen molar-refractivity contribution in [1.29, 1.82) is 0 Å². The minimum Gasteiger partial charge on any atom is -0.493 e. The maximum absolute atomic E-state index is 14.4. The summed E-state index contributed by atoms with van der Waals surface area (Å²) in [5.41, 5.74) is 2.83. The summed E-state index contributed by atoms with van der Waals surface area (Å²) < 4.78 is 30.6. The molecular formula is C36H41FN6O5. The summed E-state index contributed by atoms with van der Waals surface area (Å²) >= 11 is 0. The van der Waals surface area contributed by atoms with Gasteiger partial charge in [-0.25, -0.2) is 4.39 Å². The first kappa shape index (κ1) is 33.1. The van der Waals surface area contributed by atoms with Crippen LogP contribution >= 0.6 is 0 Å². The van der Waals surface area contributed by atoms with Crippen molar-refractivity contribution in [1.82, 2.24) is 25.5 Å². The van der Waals surface area contributed by atoms with E-state index in [4.69, 9.17) is 14.2 Å². The predicted octanol–water partition coefficient (Wildman–Crippen LogP) is 5.61. The van der Waals surface area contributed by atoms with Gasteiger partial charge in [-0.15, -0.1) is 10.2 Å². The number of methoxy groups -OCH3 is 2. The van der Waals surface area contributed by atoms with Gasteiger partial charge in [0, 0.05) is 24.4 Å². The third kappa shape index (κ3) is 7.65. The second-order valence-electron chi connectivity index (χ2n) is 12.2. The summed E-state index contributed by atoms with van der Waals surface area (Å²) in [4.78, 5) is 31.0. The van der Waals surface area contributed by atoms with Crippen molar-refractivity contribution < 1.29 is 28.2 Å². The topological polar surface area (TPSA) is 121 Å². The zero-order chi connectivity index (χ0) is 33.5. The molecule has 0 unspecified atom stereocenters. The Balaban J connectivity index is 1.33. The quantitative estimate of drug-likeness (QED) is 0.209. The number of nitrogens with one attached hydrogen (secondary N) is 1. The predicted molar refractivity (Wildman–Crippen MR) is 177 cm³/mol. The molecule has 2 atom stereocenters. The minimum absolute atomic E-state index is 0.101. The van der Waals surface area contributed by atoms with Crippen molar-refractivity contribution in [3.63, 3.8) is 0 Å². The van der Waals surface area contributed by atoms with Gasteiger partial charge in [0.15, 0.2) is 11.5 Å². The Morgan fingerprint density at radius 1 is 0.958 bits per heavy atom. The summed E-state index contributed by atoms with van der Waals surface area (Å²) in [6.07, 6.45) is 7.58. The number of carbonyl (C=O) groups excluding carboxylic acids is 2. The zero-order valence-corrected chi connectivity index (χ0v) is 27.3. The fourth-order valence-electron chi connectivity index (χ4n) is 6.56. The third-order valence-electron chi connectivity index (χ3n) is 9.11. The number of anilines is 1. The van der Waals surface area contributed by atoms with Crippen LogP contribution in [0.5, 0.6) is 11.5 Å². The number of rotatable bonds is 12. The van der Waals surface area contributed by atoms with Gasteiger partial charge in [0.2, 0.25) is 11.7 Å². The molecule has 1 N–H and O–H groups in total. The van der Waals surface area contributed by atoms with Gasteiger partial charge >= 0.3 is 0 Å². The highest BCUT2D eigenvalue weighted by Crippen LogP contribution is 2.35. The Morgan fingerprint density at radius 3 is 2.40 bits per heavy atom. The lowest BCUT2D eigenvalue weighted by atomic mass is 9.84. The number of benzene rings is 3.